The zero-order valence-corrected chi connectivity index (χ0v) is 20.6. The normalized spacial score (nSPS) is 14.4. The maximum Gasteiger partial charge on any atom is 0.416 e. The summed E-state index contributed by atoms with van der Waals surface area (Å²) in [6.45, 7) is -0.185. The Morgan fingerprint density at radius 2 is 1.89 bits per heavy atom. The van der Waals surface area contributed by atoms with Crippen LogP contribution in [0, 0.1) is 0 Å². The molecule has 1 aliphatic carbocycles. The second-order valence-electron chi connectivity index (χ2n) is 8.65. The number of benzene rings is 3. The Balaban J connectivity index is 1.17. The molecule has 0 spiro atoms. The average Bonchev–Trinajstić information content (AvgIpc) is 3.28. The fraction of sp³-hybridized carbons (Fsp3) is 0.222. The first-order valence-corrected chi connectivity index (χ1v) is 12.1. The number of halogens is 4. The van der Waals surface area contributed by atoms with Gasteiger partial charge >= 0.3 is 12.2 Å². The minimum atomic E-state index is -4.38. The van der Waals surface area contributed by atoms with Crippen LogP contribution in [0.4, 0.5) is 19.2 Å². The number of nitrogens with zero attached hydrogens (tertiary/aromatic N) is 2. The number of alkyl halides is 3. The van der Waals surface area contributed by atoms with E-state index >= 15 is 0 Å². The van der Waals surface area contributed by atoms with Crippen molar-refractivity contribution in [3.63, 3.8) is 0 Å². The van der Waals surface area contributed by atoms with Crippen molar-refractivity contribution >= 4 is 40.3 Å². The summed E-state index contributed by atoms with van der Waals surface area (Å²) in [5.41, 5.74) is 3.57. The summed E-state index contributed by atoms with van der Waals surface area (Å²) in [6, 6.07) is 15.3. The van der Waals surface area contributed by atoms with Gasteiger partial charge in [-0.2, -0.15) is 18.2 Å². The highest BCUT2D eigenvalue weighted by molar-refractivity contribution is 6.31. The van der Waals surface area contributed by atoms with Crippen LogP contribution in [-0.2, 0) is 28.8 Å². The lowest BCUT2D eigenvalue weighted by Gasteiger charge is -2.18. The molecule has 0 radical (unpaired) electrons. The molecule has 0 unspecified atom stereocenters. The molecule has 1 N–H and O–H groups in total. The van der Waals surface area contributed by atoms with E-state index in [-0.39, 0.29) is 19.2 Å². The smallest absolute Gasteiger partial charge is 0.416 e. The zero-order chi connectivity index (χ0) is 26.7. The first-order chi connectivity index (χ1) is 18.2. The lowest BCUT2D eigenvalue weighted by Crippen LogP contribution is -2.20. The molecule has 0 atom stereocenters. The van der Waals surface area contributed by atoms with E-state index in [1.165, 1.54) is 12.1 Å². The first kappa shape index (κ1) is 25.6. The second kappa shape index (κ2) is 10.7. The monoisotopic (exact) mass is 543 g/mol. The predicted molar refractivity (Wildman–Crippen MR) is 135 cm³/mol. The molecule has 38 heavy (non-hydrogen) atoms. The van der Waals surface area contributed by atoms with Gasteiger partial charge in [-0.3, -0.25) is 10.1 Å². The van der Waals surface area contributed by atoms with Crippen molar-refractivity contribution in [1.29, 1.82) is 0 Å². The van der Waals surface area contributed by atoms with Gasteiger partial charge in [-0.1, -0.05) is 28.9 Å². The summed E-state index contributed by atoms with van der Waals surface area (Å²) in [5.74, 6) is 0.0921. The maximum absolute atomic E-state index is 12.7. The molecule has 3 aromatic carbocycles. The standard InChI is InChI=1S/C27H21ClF3N3O4/c28-19-8-11-24-23(13-19)32-26(38-24)33-25(35)15-36-20-9-10-21-17(12-20)2-1-3-22(21)34-37-14-16-4-6-18(7-5-16)27(29,30)31/h4-13H,1-3,14-15H2,(H,32,33,35). The Bertz CT molecular complexity index is 1500. The van der Waals surface area contributed by atoms with Crippen molar-refractivity contribution in [3.05, 3.63) is 87.9 Å². The fourth-order valence-corrected chi connectivity index (χ4v) is 4.22. The quantitative estimate of drug-likeness (QED) is 0.260. The van der Waals surface area contributed by atoms with Crippen molar-refractivity contribution in [3.8, 4) is 5.75 Å². The number of aromatic nitrogens is 1. The van der Waals surface area contributed by atoms with Gasteiger partial charge < -0.3 is 14.0 Å². The van der Waals surface area contributed by atoms with Gasteiger partial charge in [0, 0.05) is 10.6 Å². The number of aryl methyl sites for hydroxylation is 1. The minimum Gasteiger partial charge on any atom is -0.484 e. The van der Waals surface area contributed by atoms with Crippen molar-refractivity contribution in [2.24, 2.45) is 5.16 Å². The number of rotatable bonds is 7. The van der Waals surface area contributed by atoms with E-state index in [0.29, 0.717) is 33.9 Å². The molecule has 1 aliphatic rings. The maximum atomic E-state index is 12.7. The Hall–Kier alpha value is -4.05. The molecule has 1 heterocycles. The van der Waals surface area contributed by atoms with Gasteiger partial charge in [-0.05, 0) is 78.9 Å². The fourth-order valence-electron chi connectivity index (χ4n) is 4.06. The zero-order valence-electron chi connectivity index (χ0n) is 19.8. The van der Waals surface area contributed by atoms with Gasteiger partial charge in [0.1, 0.15) is 17.9 Å². The number of fused-ring (bicyclic) bond motifs is 2. The third kappa shape index (κ3) is 6.08. The third-order valence-electron chi connectivity index (χ3n) is 5.90. The number of oxime groups is 1. The minimum absolute atomic E-state index is 0.0541. The largest absolute Gasteiger partial charge is 0.484 e. The van der Waals surface area contributed by atoms with Gasteiger partial charge in [0.2, 0.25) is 0 Å². The number of ether oxygens (including phenoxy) is 1. The number of hydrogen-bond donors (Lipinski definition) is 1. The highest BCUT2D eigenvalue weighted by Gasteiger charge is 2.30. The average molecular weight is 544 g/mol. The summed E-state index contributed by atoms with van der Waals surface area (Å²) in [6.07, 6.45) is -2.01. The predicted octanol–water partition coefficient (Wildman–Crippen LogP) is 6.77. The first-order valence-electron chi connectivity index (χ1n) is 11.7. The Labute approximate surface area is 220 Å². The van der Waals surface area contributed by atoms with Crippen LogP contribution < -0.4 is 10.1 Å². The topological polar surface area (TPSA) is 86.0 Å². The van der Waals surface area contributed by atoms with Crippen LogP contribution in [0.2, 0.25) is 5.02 Å². The van der Waals surface area contributed by atoms with E-state index in [9.17, 15) is 18.0 Å². The Morgan fingerprint density at radius 3 is 2.68 bits per heavy atom. The number of hydrogen-bond acceptors (Lipinski definition) is 6. The highest BCUT2D eigenvalue weighted by atomic mass is 35.5. The van der Waals surface area contributed by atoms with Crippen LogP contribution in [0.15, 0.2) is 70.2 Å². The van der Waals surface area contributed by atoms with Crippen LogP contribution in [0.1, 0.15) is 35.1 Å². The Kier molecular flexibility index (Phi) is 7.24. The van der Waals surface area contributed by atoms with Crippen molar-refractivity contribution in [1.82, 2.24) is 4.98 Å². The highest BCUT2D eigenvalue weighted by Crippen LogP contribution is 2.30. The molecule has 1 amide bonds. The van der Waals surface area contributed by atoms with Gasteiger partial charge in [-0.15, -0.1) is 0 Å². The SMILES string of the molecule is O=C(COc1ccc2c(c1)CCCC2=NOCc1ccc(C(F)(F)F)cc1)Nc1nc2cc(Cl)ccc2o1. The van der Waals surface area contributed by atoms with Crippen molar-refractivity contribution in [2.45, 2.75) is 32.0 Å². The lowest BCUT2D eigenvalue weighted by molar-refractivity contribution is -0.137. The van der Waals surface area contributed by atoms with E-state index in [1.54, 1.807) is 24.3 Å². The molecular formula is C27H21ClF3N3O4. The van der Waals surface area contributed by atoms with Crippen LogP contribution in [0.3, 0.4) is 0 Å². The molecule has 0 aliphatic heterocycles. The molecular weight excluding hydrogens is 523 g/mol. The molecule has 1 aromatic heterocycles. The van der Waals surface area contributed by atoms with Gasteiger partial charge in [0.05, 0.1) is 11.3 Å². The van der Waals surface area contributed by atoms with Crippen molar-refractivity contribution < 1.29 is 32.0 Å². The van der Waals surface area contributed by atoms with Crippen LogP contribution >= 0.6 is 11.6 Å². The van der Waals surface area contributed by atoms with E-state index < -0.39 is 17.6 Å². The van der Waals surface area contributed by atoms with E-state index in [2.05, 4.69) is 15.5 Å². The number of carbonyl (C=O) groups is 1. The number of oxazole rings is 1. The molecule has 0 bridgehead atoms. The summed E-state index contributed by atoms with van der Waals surface area (Å²) in [7, 11) is 0. The summed E-state index contributed by atoms with van der Waals surface area (Å²) >= 11 is 5.94. The van der Waals surface area contributed by atoms with Gasteiger partial charge in [0.15, 0.2) is 12.2 Å². The molecule has 11 heteroatoms. The second-order valence-corrected chi connectivity index (χ2v) is 9.08. The van der Waals surface area contributed by atoms with Crippen LogP contribution in [0.5, 0.6) is 5.75 Å². The molecule has 0 saturated carbocycles. The molecule has 0 fully saturated rings. The lowest BCUT2D eigenvalue weighted by atomic mass is 9.90. The number of amides is 1. The van der Waals surface area contributed by atoms with Gasteiger partial charge in [0.25, 0.3) is 5.91 Å². The summed E-state index contributed by atoms with van der Waals surface area (Å²) < 4.78 is 49.3. The summed E-state index contributed by atoms with van der Waals surface area (Å²) in [5, 5.41) is 7.30. The van der Waals surface area contributed by atoms with Gasteiger partial charge in [-0.25, -0.2) is 0 Å². The van der Waals surface area contributed by atoms with Crippen LogP contribution in [0.25, 0.3) is 11.1 Å². The summed E-state index contributed by atoms with van der Waals surface area (Å²) in [4.78, 5) is 21.9. The van der Waals surface area contributed by atoms with E-state index in [1.807, 2.05) is 12.1 Å². The number of nitrogens with one attached hydrogen (secondary N) is 1. The number of anilines is 1. The van der Waals surface area contributed by atoms with E-state index in [4.69, 9.17) is 25.6 Å². The van der Waals surface area contributed by atoms with Crippen molar-refractivity contribution in [2.75, 3.05) is 11.9 Å². The molecule has 7 nitrogen and oxygen atoms in total. The van der Waals surface area contributed by atoms with Crippen LogP contribution in [-0.4, -0.2) is 23.2 Å². The molecule has 0 saturated heterocycles. The molecule has 196 valence electrons. The Morgan fingerprint density at radius 1 is 1.08 bits per heavy atom. The number of carbonyl (C=O) groups excluding carboxylic acids is 1. The molecule has 5 rings (SSSR count). The molecule has 4 aromatic rings. The van der Waals surface area contributed by atoms with E-state index in [0.717, 1.165) is 41.8 Å². The third-order valence-corrected chi connectivity index (χ3v) is 6.14.